The fourth-order valence-corrected chi connectivity index (χ4v) is 2.19. The second-order valence-corrected chi connectivity index (χ2v) is 5.14. The zero-order chi connectivity index (χ0) is 10.7. The van der Waals surface area contributed by atoms with Crippen LogP contribution in [-0.2, 0) is 0 Å². The van der Waals surface area contributed by atoms with Gasteiger partial charge in [0.15, 0.2) is 0 Å². The van der Waals surface area contributed by atoms with Crippen molar-refractivity contribution in [3.05, 3.63) is 16.0 Å². The lowest BCUT2D eigenvalue weighted by molar-refractivity contribution is 0.419. The molecule has 0 radical (unpaired) electrons. The van der Waals surface area contributed by atoms with E-state index in [0.717, 1.165) is 29.2 Å². The van der Waals surface area contributed by atoms with Gasteiger partial charge < -0.3 is 10.6 Å². The molecule has 2 rings (SSSR count). The molecular formula is C10H15IN4. The second-order valence-electron chi connectivity index (χ2n) is 3.89. The molecule has 2 heterocycles. The van der Waals surface area contributed by atoms with Crippen LogP contribution in [0.25, 0.3) is 0 Å². The molecule has 0 saturated carbocycles. The monoisotopic (exact) mass is 318 g/mol. The SMILES string of the molecule is NCC1CCCN(c2ncc(I)cn2)C1. The molecule has 1 aliphatic rings. The normalized spacial score (nSPS) is 21.7. The summed E-state index contributed by atoms with van der Waals surface area (Å²) in [5.74, 6) is 1.44. The molecule has 1 aromatic rings. The van der Waals surface area contributed by atoms with Crippen molar-refractivity contribution in [2.45, 2.75) is 12.8 Å². The Kier molecular flexibility index (Phi) is 3.74. The predicted molar refractivity (Wildman–Crippen MR) is 68.7 cm³/mol. The number of piperidine rings is 1. The molecule has 0 spiro atoms. The number of hydrogen-bond donors (Lipinski definition) is 1. The molecule has 1 aliphatic heterocycles. The number of aromatic nitrogens is 2. The summed E-state index contributed by atoms with van der Waals surface area (Å²) in [6.45, 7) is 2.81. The number of anilines is 1. The molecule has 0 aliphatic carbocycles. The van der Waals surface area contributed by atoms with Gasteiger partial charge in [0.25, 0.3) is 0 Å². The molecule has 0 aromatic carbocycles. The van der Waals surface area contributed by atoms with Crippen molar-refractivity contribution in [1.82, 2.24) is 9.97 Å². The Labute approximate surface area is 103 Å². The second kappa shape index (κ2) is 5.07. The summed E-state index contributed by atoms with van der Waals surface area (Å²) >= 11 is 2.22. The average molecular weight is 318 g/mol. The van der Waals surface area contributed by atoms with Crippen molar-refractivity contribution in [2.75, 3.05) is 24.5 Å². The molecule has 15 heavy (non-hydrogen) atoms. The maximum Gasteiger partial charge on any atom is 0.225 e. The number of nitrogens with zero attached hydrogens (tertiary/aromatic N) is 3. The van der Waals surface area contributed by atoms with Crippen molar-refractivity contribution in [1.29, 1.82) is 0 Å². The fourth-order valence-electron chi connectivity index (χ4n) is 1.91. The number of nitrogens with two attached hydrogens (primary N) is 1. The Morgan fingerprint density at radius 1 is 1.47 bits per heavy atom. The van der Waals surface area contributed by atoms with E-state index >= 15 is 0 Å². The summed E-state index contributed by atoms with van der Waals surface area (Å²) in [7, 11) is 0. The van der Waals surface area contributed by atoms with Crippen LogP contribution < -0.4 is 10.6 Å². The quantitative estimate of drug-likeness (QED) is 0.834. The van der Waals surface area contributed by atoms with Crippen LogP contribution in [0.1, 0.15) is 12.8 Å². The summed E-state index contributed by atoms with van der Waals surface area (Å²) < 4.78 is 1.07. The molecule has 1 atom stereocenters. The van der Waals surface area contributed by atoms with Gasteiger partial charge in [-0.2, -0.15) is 0 Å². The Balaban J connectivity index is 2.06. The van der Waals surface area contributed by atoms with Crippen LogP contribution in [0, 0.1) is 9.49 Å². The Morgan fingerprint density at radius 3 is 2.87 bits per heavy atom. The number of rotatable bonds is 2. The van der Waals surface area contributed by atoms with Gasteiger partial charge in [-0.1, -0.05) is 0 Å². The fraction of sp³-hybridized carbons (Fsp3) is 0.600. The van der Waals surface area contributed by atoms with E-state index < -0.39 is 0 Å². The van der Waals surface area contributed by atoms with Crippen LogP contribution in [-0.4, -0.2) is 29.6 Å². The first-order valence-electron chi connectivity index (χ1n) is 5.22. The minimum absolute atomic E-state index is 0.599. The van der Waals surface area contributed by atoms with Crippen LogP contribution in [0.4, 0.5) is 5.95 Å². The van der Waals surface area contributed by atoms with Crippen LogP contribution >= 0.6 is 22.6 Å². The van der Waals surface area contributed by atoms with Gasteiger partial charge >= 0.3 is 0 Å². The number of halogens is 1. The third-order valence-electron chi connectivity index (χ3n) is 2.74. The molecule has 1 unspecified atom stereocenters. The first-order chi connectivity index (χ1) is 7.29. The Hall–Kier alpha value is -0.430. The highest BCUT2D eigenvalue weighted by molar-refractivity contribution is 14.1. The van der Waals surface area contributed by atoms with Crippen LogP contribution in [0.3, 0.4) is 0 Å². The van der Waals surface area contributed by atoms with Crippen molar-refractivity contribution < 1.29 is 0 Å². The average Bonchev–Trinajstić information content (AvgIpc) is 2.30. The highest BCUT2D eigenvalue weighted by atomic mass is 127. The minimum atomic E-state index is 0.599. The topological polar surface area (TPSA) is 55.0 Å². The molecule has 1 saturated heterocycles. The van der Waals surface area contributed by atoms with Gasteiger partial charge in [0.05, 0.1) is 0 Å². The summed E-state index contributed by atoms with van der Waals surface area (Å²) in [5.41, 5.74) is 5.70. The van der Waals surface area contributed by atoms with E-state index in [0.29, 0.717) is 5.92 Å². The van der Waals surface area contributed by atoms with E-state index in [9.17, 15) is 0 Å². The smallest absolute Gasteiger partial charge is 0.225 e. The summed E-state index contributed by atoms with van der Waals surface area (Å²) in [6, 6.07) is 0. The van der Waals surface area contributed by atoms with Crippen molar-refractivity contribution in [2.24, 2.45) is 11.7 Å². The molecule has 1 fully saturated rings. The van der Waals surface area contributed by atoms with Crippen LogP contribution in [0.2, 0.25) is 0 Å². The van der Waals surface area contributed by atoms with Gasteiger partial charge in [-0.3, -0.25) is 0 Å². The van der Waals surface area contributed by atoms with Crippen molar-refractivity contribution in [3.63, 3.8) is 0 Å². The van der Waals surface area contributed by atoms with Gasteiger partial charge in [-0.25, -0.2) is 9.97 Å². The molecule has 1 aromatic heterocycles. The standard InChI is InChI=1S/C10H15IN4/c11-9-5-13-10(14-6-9)15-3-1-2-8(4-12)7-15/h5-6,8H,1-4,7,12H2. The van der Waals surface area contributed by atoms with Gasteiger partial charge in [-0.15, -0.1) is 0 Å². The minimum Gasteiger partial charge on any atom is -0.341 e. The number of hydrogen-bond acceptors (Lipinski definition) is 4. The molecule has 0 amide bonds. The Morgan fingerprint density at radius 2 is 2.20 bits per heavy atom. The van der Waals surface area contributed by atoms with Crippen LogP contribution in [0.5, 0.6) is 0 Å². The van der Waals surface area contributed by atoms with Crippen molar-refractivity contribution >= 4 is 28.5 Å². The van der Waals surface area contributed by atoms with Crippen LogP contribution in [0.15, 0.2) is 12.4 Å². The van der Waals surface area contributed by atoms with E-state index in [-0.39, 0.29) is 0 Å². The third kappa shape index (κ3) is 2.78. The molecule has 82 valence electrons. The zero-order valence-corrected chi connectivity index (χ0v) is 10.7. The van der Waals surface area contributed by atoms with Crippen molar-refractivity contribution in [3.8, 4) is 0 Å². The van der Waals surface area contributed by atoms with Gasteiger partial charge in [0.2, 0.25) is 5.95 Å². The lowest BCUT2D eigenvalue weighted by Crippen LogP contribution is -2.39. The van der Waals surface area contributed by atoms with Gasteiger partial charge in [0, 0.05) is 29.1 Å². The highest BCUT2D eigenvalue weighted by Gasteiger charge is 2.20. The van der Waals surface area contributed by atoms with Gasteiger partial charge in [0.1, 0.15) is 0 Å². The van der Waals surface area contributed by atoms with E-state index in [4.69, 9.17) is 5.73 Å². The molecular weight excluding hydrogens is 303 g/mol. The maximum atomic E-state index is 5.70. The van der Waals surface area contributed by atoms with E-state index in [1.807, 2.05) is 12.4 Å². The van der Waals surface area contributed by atoms with E-state index in [1.54, 1.807) is 0 Å². The van der Waals surface area contributed by atoms with E-state index in [1.165, 1.54) is 12.8 Å². The lowest BCUT2D eigenvalue weighted by atomic mass is 9.99. The predicted octanol–water partition coefficient (Wildman–Crippen LogP) is 1.26. The Bertz CT molecular complexity index is 314. The summed E-state index contributed by atoms with van der Waals surface area (Å²) in [5, 5.41) is 0. The molecule has 4 nitrogen and oxygen atoms in total. The first-order valence-corrected chi connectivity index (χ1v) is 6.30. The maximum absolute atomic E-state index is 5.70. The lowest BCUT2D eigenvalue weighted by Gasteiger charge is -2.31. The third-order valence-corrected chi connectivity index (χ3v) is 3.30. The largest absolute Gasteiger partial charge is 0.341 e. The van der Waals surface area contributed by atoms with E-state index in [2.05, 4.69) is 37.5 Å². The molecule has 0 bridgehead atoms. The van der Waals surface area contributed by atoms with Gasteiger partial charge in [-0.05, 0) is 47.9 Å². The summed E-state index contributed by atoms with van der Waals surface area (Å²) in [6.07, 6.45) is 6.14. The molecule has 5 heteroatoms. The zero-order valence-electron chi connectivity index (χ0n) is 8.56. The molecule has 2 N–H and O–H groups in total. The first kappa shape index (κ1) is 11.1. The highest BCUT2D eigenvalue weighted by Crippen LogP contribution is 2.19. The summed E-state index contributed by atoms with van der Waals surface area (Å²) in [4.78, 5) is 10.9.